The molecule has 104 valence electrons. The number of amides is 2. The van der Waals surface area contributed by atoms with Crippen LogP contribution in [0, 0.1) is 5.82 Å². The number of rotatable bonds is 6. The standard InChI is InChI=1S/C13H16BrFN2O2/c1-9(18)16-6-7-17-13(19)11(14)8-10-4-2-3-5-12(10)15/h2-5,11H,6-8H2,1H3,(H,16,18)(H,17,19). The third-order valence-electron chi connectivity index (χ3n) is 2.44. The van der Waals surface area contributed by atoms with Crippen LogP contribution in [0.5, 0.6) is 0 Å². The Kier molecular flexibility index (Phi) is 6.49. The molecule has 0 heterocycles. The van der Waals surface area contributed by atoms with E-state index < -0.39 is 4.83 Å². The largest absolute Gasteiger partial charge is 0.355 e. The van der Waals surface area contributed by atoms with Gasteiger partial charge in [0, 0.05) is 20.0 Å². The molecule has 19 heavy (non-hydrogen) atoms. The lowest BCUT2D eigenvalue weighted by Gasteiger charge is -2.11. The Bertz CT molecular complexity index is 454. The molecular formula is C13H16BrFN2O2. The van der Waals surface area contributed by atoms with Crippen LogP contribution in [0.1, 0.15) is 12.5 Å². The number of carbonyl (C=O) groups is 2. The van der Waals surface area contributed by atoms with Gasteiger partial charge in [-0.05, 0) is 18.1 Å². The van der Waals surface area contributed by atoms with E-state index in [4.69, 9.17) is 0 Å². The molecule has 0 fully saturated rings. The van der Waals surface area contributed by atoms with E-state index in [1.54, 1.807) is 18.2 Å². The summed E-state index contributed by atoms with van der Waals surface area (Å²) in [6, 6.07) is 6.35. The van der Waals surface area contributed by atoms with Gasteiger partial charge in [-0.15, -0.1) is 0 Å². The molecular weight excluding hydrogens is 315 g/mol. The Hall–Kier alpha value is -1.43. The van der Waals surface area contributed by atoms with E-state index in [9.17, 15) is 14.0 Å². The maximum absolute atomic E-state index is 13.4. The first-order valence-electron chi connectivity index (χ1n) is 5.90. The number of hydrogen-bond donors (Lipinski definition) is 2. The fourth-order valence-electron chi connectivity index (χ4n) is 1.48. The van der Waals surface area contributed by atoms with Gasteiger partial charge in [0.25, 0.3) is 0 Å². The van der Waals surface area contributed by atoms with Gasteiger partial charge in [0.2, 0.25) is 11.8 Å². The summed E-state index contributed by atoms with van der Waals surface area (Å²) in [6.07, 6.45) is 0.276. The fraction of sp³-hybridized carbons (Fsp3) is 0.385. The highest BCUT2D eigenvalue weighted by Crippen LogP contribution is 2.13. The Morgan fingerprint density at radius 3 is 2.53 bits per heavy atom. The van der Waals surface area contributed by atoms with Gasteiger partial charge in [-0.1, -0.05) is 34.1 Å². The average Bonchev–Trinajstić information content (AvgIpc) is 2.36. The van der Waals surface area contributed by atoms with E-state index in [2.05, 4.69) is 26.6 Å². The number of alkyl halides is 1. The zero-order valence-electron chi connectivity index (χ0n) is 10.6. The second kappa shape index (κ2) is 7.89. The van der Waals surface area contributed by atoms with Crippen LogP contribution in [0.4, 0.5) is 4.39 Å². The lowest BCUT2D eigenvalue weighted by Crippen LogP contribution is -2.38. The van der Waals surface area contributed by atoms with Gasteiger partial charge in [0.05, 0.1) is 4.83 Å². The predicted molar refractivity (Wildman–Crippen MR) is 74.5 cm³/mol. The molecule has 0 bridgehead atoms. The maximum atomic E-state index is 13.4. The first-order valence-corrected chi connectivity index (χ1v) is 6.82. The summed E-state index contributed by atoms with van der Waals surface area (Å²) < 4.78 is 13.4. The quantitative estimate of drug-likeness (QED) is 0.611. The molecule has 1 atom stereocenters. The summed E-state index contributed by atoms with van der Waals surface area (Å²) in [5.74, 6) is -0.692. The van der Waals surface area contributed by atoms with Crippen LogP contribution in [0.25, 0.3) is 0 Å². The van der Waals surface area contributed by atoms with Gasteiger partial charge >= 0.3 is 0 Å². The van der Waals surface area contributed by atoms with Crippen molar-refractivity contribution in [3.63, 3.8) is 0 Å². The molecule has 0 aliphatic carbocycles. The van der Waals surface area contributed by atoms with Crippen LogP contribution in [-0.2, 0) is 16.0 Å². The summed E-state index contributed by atoms with van der Waals surface area (Å²) in [5.41, 5.74) is 0.487. The van der Waals surface area contributed by atoms with Crippen molar-refractivity contribution in [2.24, 2.45) is 0 Å². The van der Waals surface area contributed by atoms with Crippen molar-refractivity contribution in [1.29, 1.82) is 0 Å². The van der Waals surface area contributed by atoms with Crippen LogP contribution in [-0.4, -0.2) is 29.7 Å². The highest BCUT2D eigenvalue weighted by molar-refractivity contribution is 9.10. The monoisotopic (exact) mass is 330 g/mol. The van der Waals surface area contributed by atoms with Crippen molar-refractivity contribution in [2.45, 2.75) is 18.2 Å². The van der Waals surface area contributed by atoms with Crippen LogP contribution in [0.2, 0.25) is 0 Å². The van der Waals surface area contributed by atoms with Crippen LogP contribution in [0.3, 0.4) is 0 Å². The molecule has 0 aliphatic rings. The smallest absolute Gasteiger partial charge is 0.234 e. The molecule has 1 aromatic rings. The fourth-order valence-corrected chi connectivity index (χ4v) is 2.00. The first kappa shape index (κ1) is 15.6. The Balaban J connectivity index is 2.37. The number of hydrogen-bond acceptors (Lipinski definition) is 2. The van der Waals surface area contributed by atoms with E-state index in [1.165, 1.54) is 13.0 Å². The zero-order chi connectivity index (χ0) is 14.3. The molecule has 0 radical (unpaired) electrons. The molecule has 0 aromatic heterocycles. The molecule has 0 spiro atoms. The third kappa shape index (κ3) is 5.83. The molecule has 4 nitrogen and oxygen atoms in total. The molecule has 0 aliphatic heterocycles. The average molecular weight is 331 g/mol. The van der Waals surface area contributed by atoms with E-state index in [0.29, 0.717) is 18.7 Å². The first-order chi connectivity index (χ1) is 9.00. The SMILES string of the molecule is CC(=O)NCCNC(=O)C(Br)Cc1ccccc1F. The van der Waals surface area contributed by atoms with Crippen molar-refractivity contribution in [1.82, 2.24) is 10.6 Å². The van der Waals surface area contributed by atoms with Gasteiger partial charge in [-0.25, -0.2) is 4.39 Å². The number of nitrogens with one attached hydrogen (secondary N) is 2. The normalized spacial score (nSPS) is 11.7. The summed E-state index contributed by atoms with van der Waals surface area (Å²) in [4.78, 5) is 21.8. The third-order valence-corrected chi connectivity index (χ3v) is 3.18. The van der Waals surface area contributed by atoms with Gasteiger partial charge in [0.15, 0.2) is 0 Å². The topological polar surface area (TPSA) is 58.2 Å². The zero-order valence-corrected chi connectivity index (χ0v) is 12.2. The molecule has 0 saturated carbocycles. The van der Waals surface area contributed by atoms with Gasteiger partial charge in [-0.2, -0.15) is 0 Å². The Morgan fingerprint density at radius 2 is 1.89 bits per heavy atom. The highest BCUT2D eigenvalue weighted by atomic mass is 79.9. The second-order valence-electron chi connectivity index (χ2n) is 4.04. The van der Waals surface area contributed by atoms with E-state index in [0.717, 1.165) is 0 Å². The summed E-state index contributed by atoms with van der Waals surface area (Å²) in [7, 11) is 0. The van der Waals surface area contributed by atoms with Gasteiger partial charge in [0.1, 0.15) is 5.82 Å². The summed E-state index contributed by atoms with van der Waals surface area (Å²) >= 11 is 3.23. The minimum atomic E-state index is -0.498. The lowest BCUT2D eigenvalue weighted by atomic mass is 10.1. The second-order valence-corrected chi connectivity index (χ2v) is 5.14. The van der Waals surface area contributed by atoms with E-state index >= 15 is 0 Å². The minimum absolute atomic E-state index is 0.143. The molecule has 1 unspecified atom stereocenters. The summed E-state index contributed by atoms with van der Waals surface area (Å²) in [5, 5.41) is 5.22. The molecule has 2 amide bonds. The number of carbonyl (C=O) groups excluding carboxylic acids is 2. The molecule has 1 rings (SSSR count). The van der Waals surface area contributed by atoms with Crippen LogP contribution < -0.4 is 10.6 Å². The van der Waals surface area contributed by atoms with Crippen LogP contribution >= 0.6 is 15.9 Å². The molecule has 1 aromatic carbocycles. The van der Waals surface area contributed by atoms with E-state index in [1.807, 2.05) is 0 Å². The van der Waals surface area contributed by atoms with Crippen molar-refractivity contribution in [2.75, 3.05) is 13.1 Å². The highest BCUT2D eigenvalue weighted by Gasteiger charge is 2.16. The Morgan fingerprint density at radius 1 is 1.26 bits per heavy atom. The number of benzene rings is 1. The van der Waals surface area contributed by atoms with Gasteiger partial charge < -0.3 is 10.6 Å². The maximum Gasteiger partial charge on any atom is 0.234 e. The minimum Gasteiger partial charge on any atom is -0.355 e. The molecule has 6 heteroatoms. The lowest BCUT2D eigenvalue weighted by molar-refractivity contribution is -0.121. The Labute approximate surface area is 119 Å². The van der Waals surface area contributed by atoms with Gasteiger partial charge in [-0.3, -0.25) is 9.59 Å². The van der Waals surface area contributed by atoms with Crippen molar-refractivity contribution in [3.8, 4) is 0 Å². The van der Waals surface area contributed by atoms with Crippen molar-refractivity contribution < 1.29 is 14.0 Å². The summed E-state index contributed by atoms with van der Waals surface area (Å²) in [6.45, 7) is 2.13. The molecule has 2 N–H and O–H groups in total. The predicted octanol–water partition coefficient (Wildman–Crippen LogP) is 1.38. The van der Waals surface area contributed by atoms with E-state index in [-0.39, 0.29) is 24.1 Å². The molecule has 0 saturated heterocycles. The van der Waals surface area contributed by atoms with Crippen LogP contribution in [0.15, 0.2) is 24.3 Å². The van der Waals surface area contributed by atoms with Crippen molar-refractivity contribution in [3.05, 3.63) is 35.6 Å². The number of halogens is 2. The van der Waals surface area contributed by atoms with Crippen molar-refractivity contribution >= 4 is 27.7 Å².